The molecule has 0 aromatic carbocycles. The third-order valence-electron chi connectivity index (χ3n) is 7.73. The molecule has 0 spiro atoms. The fourth-order valence-electron chi connectivity index (χ4n) is 5.46. The highest BCUT2D eigenvalue weighted by Crippen LogP contribution is 2.45. The molecule has 1 atom stereocenters. The summed E-state index contributed by atoms with van der Waals surface area (Å²) in [7, 11) is 0. The Bertz CT molecular complexity index is 1240. The fraction of sp³-hybridized carbons (Fsp3) is 0.560. The summed E-state index contributed by atoms with van der Waals surface area (Å²) in [5.74, 6) is -3.18. The number of rotatable bonds is 7. The molecule has 0 bridgehead atoms. The molecule has 1 amide bonds. The van der Waals surface area contributed by atoms with Crippen molar-refractivity contribution >= 4 is 40.9 Å². The third kappa shape index (κ3) is 5.40. The van der Waals surface area contributed by atoms with Crippen LogP contribution in [0.2, 0.25) is 10.0 Å². The molecule has 2 heterocycles. The van der Waals surface area contributed by atoms with E-state index in [9.17, 15) is 32.7 Å². The highest BCUT2D eigenvalue weighted by molar-refractivity contribution is 6.39. The van der Waals surface area contributed by atoms with Crippen LogP contribution in [0.15, 0.2) is 18.6 Å². The predicted molar refractivity (Wildman–Crippen MR) is 132 cm³/mol. The van der Waals surface area contributed by atoms with E-state index in [-0.39, 0.29) is 41.3 Å². The van der Waals surface area contributed by atoms with Crippen LogP contribution in [-0.2, 0) is 11.0 Å². The Morgan fingerprint density at radius 1 is 1.08 bits per heavy atom. The largest absolute Gasteiger partial charge is 0.481 e. The van der Waals surface area contributed by atoms with E-state index in [1.807, 2.05) is 13.8 Å². The van der Waals surface area contributed by atoms with Crippen molar-refractivity contribution in [1.29, 1.82) is 0 Å². The number of hydrogen-bond acceptors (Lipinski definition) is 5. The first kappa shape index (κ1) is 28.4. The zero-order valence-corrected chi connectivity index (χ0v) is 22.3. The number of alkyl halides is 3. The van der Waals surface area contributed by atoms with Crippen molar-refractivity contribution in [2.24, 2.45) is 11.3 Å². The molecule has 0 radical (unpaired) electrons. The number of pyridine rings is 1. The second kappa shape index (κ2) is 10.5. The molecule has 0 aliphatic heterocycles. The summed E-state index contributed by atoms with van der Waals surface area (Å²) in [5.41, 5.74) is -2.33. The Kier molecular flexibility index (Phi) is 7.82. The molecule has 38 heavy (non-hydrogen) atoms. The third-order valence-corrected chi connectivity index (χ3v) is 8.31. The summed E-state index contributed by atoms with van der Waals surface area (Å²) in [5, 5.41) is 13.1. The molecular weight excluding hydrogens is 548 g/mol. The lowest BCUT2D eigenvalue weighted by molar-refractivity contribution is -0.147. The molecule has 2 aromatic rings. The minimum absolute atomic E-state index is 0.0245. The summed E-state index contributed by atoms with van der Waals surface area (Å²) in [6.07, 6.45) is 0.477. The average Bonchev–Trinajstić information content (AvgIpc) is 3.28. The van der Waals surface area contributed by atoms with Gasteiger partial charge in [-0.2, -0.15) is 18.3 Å². The van der Waals surface area contributed by atoms with Gasteiger partial charge in [-0.25, -0.2) is 0 Å². The molecule has 0 unspecified atom stereocenters. The minimum Gasteiger partial charge on any atom is -0.481 e. The Labute approximate surface area is 227 Å². The molecule has 2 aliphatic carbocycles. The molecular formula is C25H27Cl2F3N4O4. The van der Waals surface area contributed by atoms with Gasteiger partial charge in [-0.3, -0.25) is 24.0 Å². The monoisotopic (exact) mass is 574 g/mol. The van der Waals surface area contributed by atoms with Crippen molar-refractivity contribution in [3.8, 4) is 0 Å². The van der Waals surface area contributed by atoms with E-state index in [1.165, 1.54) is 12.4 Å². The van der Waals surface area contributed by atoms with Crippen molar-refractivity contribution in [1.82, 2.24) is 19.7 Å². The minimum atomic E-state index is -4.91. The van der Waals surface area contributed by atoms with Gasteiger partial charge in [0.2, 0.25) is 0 Å². The summed E-state index contributed by atoms with van der Waals surface area (Å²) in [4.78, 5) is 43.2. The zero-order chi connectivity index (χ0) is 28.0. The highest BCUT2D eigenvalue weighted by Gasteiger charge is 2.48. The Balaban J connectivity index is 1.70. The van der Waals surface area contributed by atoms with E-state index in [0.717, 1.165) is 22.2 Å². The first-order valence-electron chi connectivity index (χ1n) is 12.2. The van der Waals surface area contributed by atoms with E-state index < -0.39 is 65.1 Å². The molecule has 2 aliphatic rings. The topological polar surface area (TPSA) is 105 Å². The first-order valence-corrected chi connectivity index (χ1v) is 13.0. The molecule has 4 rings (SSSR count). The number of carbonyl (C=O) groups is 3. The number of halogens is 5. The van der Waals surface area contributed by atoms with E-state index >= 15 is 0 Å². The molecule has 8 nitrogen and oxygen atoms in total. The van der Waals surface area contributed by atoms with Crippen LogP contribution in [0.25, 0.3) is 0 Å². The second-order valence-electron chi connectivity index (χ2n) is 10.6. The summed E-state index contributed by atoms with van der Waals surface area (Å²) in [6, 6.07) is -1.19. The SMILES string of the molecule is CC1(C)CC[C@H]1N(CC(=O)c1c(Cl)cncc1Cl)C(=O)c1cnn(C2CCC(C(=O)O)CC2)c1C(F)(F)F. The maximum Gasteiger partial charge on any atom is 0.433 e. The normalized spacial score (nSPS) is 23.0. The number of carboxylic acid groups (broad SMARTS) is 1. The first-order chi connectivity index (χ1) is 17.7. The molecule has 1 N–H and O–H groups in total. The number of Topliss-reactive ketones (excluding diaryl/α,β-unsaturated/α-hetero) is 1. The summed E-state index contributed by atoms with van der Waals surface area (Å²) in [6.45, 7) is 3.24. The Hall–Kier alpha value is -2.66. The van der Waals surface area contributed by atoms with Crippen LogP contribution >= 0.6 is 23.2 Å². The van der Waals surface area contributed by atoms with Crippen molar-refractivity contribution in [3.05, 3.63) is 45.5 Å². The summed E-state index contributed by atoms with van der Waals surface area (Å²) >= 11 is 12.2. The number of hydrogen-bond donors (Lipinski definition) is 1. The number of ketones is 1. The molecule has 206 valence electrons. The number of amides is 1. The number of aromatic nitrogens is 3. The van der Waals surface area contributed by atoms with Crippen molar-refractivity contribution < 1.29 is 32.7 Å². The lowest BCUT2D eigenvalue weighted by atomic mass is 9.66. The summed E-state index contributed by atoms with van der Waals surface area (Å²) < 4.78 is 43.9. The predicted octanol–water partition coefficient (Wildman–Crippen LogP) is 5.93. The second-order valence-corrected chi connectivity index (χ2v) is 11.4. The van der Waals surface area contributed by atoms with Crippen molar-refractivity contribution in [3.63, 3.8) is 0 Å². The van der Waals surface area contributed by atoms with Gasteiger partial charge in [0.05, 0.1) is 45.9 Å². The molecule has 13 heteroatoms. The van der Waals surface area contributed by atoms with Crippen molar-refractivity contribution in [2.75, 3.05) is 6.54 Å². The van der Waals surface area contributed by atoms with Gasteiger partial charge in [0.15, 0.2) is 11.5 Å². The van der Waals surface area contributed by atoms with Gasteiger partial charge in [0.25, 0.3) is 5.91 Å². The van der Waals surface area contributed by atoms with Gasteiger partial charge >= 0.3 is 12.1 Å². The van der Waals surface area contributed by atoms with Gasteiger partial charge in [-0.05, 0) is 43.9 Å². The molecule has 2 aromatic heterocycles. The lowest BCUT2D eigenvalue weighted by Gasteiger charge is -2.50. The molecule has 2 fully saturated rings. The van der Waals surface area contributed by atoms with Gasteiger partial charge in [0, 0.05) is 18.4 Å². The van der Waals surface area contributed by atoms with E-state index in [0.29, 0.717) is 6.42 Å². The lowest BCUT2D eigenvalue weighted by Crippen LogP contribution is -2.56. The highest BCUT2D eigenvalue weighted by atomic mass is 35.5. The van der Waals surface area contributed by atoms with Crippen LogP contribution in [0.1, 0.15) is 84.8 Å². The number of nitrogens with zero attached hydrogens (tertiary/aromatic N) is 4. The number of carbonyl (C=O) groups excluding carboxylic acids is 2. The van der Waals surface area contributed by atoms with Crippen LogP contribution in [-0.4, -0.2) is 55.0 Å². The van der Waals surface area contributed by atoms with Crippen LogP contribution in [0, 0.1) is 11.3 Å². The van der Waals surface area contributed by atoms with Crippen LogP contribution in [0.5, 0.6) is 0 Å². The van der Waals surface area contributed by atoms with Crippen LogP contribution < -0.4 is 0 Å². The standard InChI is InChI=1S/C25H27Cl2F3N4O4/c1-24(2)8-7-19(24)33(12-18(35)20-16(26)10-31-11-17(20)27)22(36)15-9-32-34(21(15)25(28,29)30)14-5-3-13(4-6-14)23(37)38/h9-11,13-14,19H,3-8,12H2,1-2H3,(H,37,38)/t13?,14?,19-/m1/s1. The fourth-order valence-corrected chi connectivity index (χ4v) is 6.04. The maximum atomic E-state index is 14.4. The van der Waals surface area contributed by atoms with Gasteiger partial charge in [-0.15, -0.1) is 0 Å². The number of carboxylic acids is 1. The van der Waals surface area contributed by atoms with Gasteiger partial charge < -0.3 is 10.0 Å². The van der Waals surface area contributed by atoms with Crippen molar-refractivity contribution in [2.45, 2.75) is 70.6 Å². The van der Waals surface area contributed by atoms with Gasteiger partial charge in [0.1, 0.15) is 0 Å². The quantitative estimate of drug-likeness (QED) is 0.410. The van der Waals surface area contributed by atoms with Crippen LogP contribution in [0.3, 0.4) is 0 Å². The van der Waals surface area contributed by atoms with E-state index in [4.69, 9.17) is 23.2 Å². The average molecular weight is 575 g/mol. The van der Waals surface area contributed by atoms with E-state index in [2.05, 4.69) is 10.1 Å². The van der Waals surface area contributed by atoms with Crippen LogP contribution in [0.4, 0.5) is 13.2 Å². The number of aliphatic carboxylic acids is 1. The van der Waals surface area contributed by atoms with E-state index in [1.54, 1.807) is 0 Å². The smallest absolute Gasteiger partial charge is 0.433 e. The Morgan fingerprint density at radius 3 is 2.16 bits per heavy atom. The Morgan fingerprint density at radius 2 is 1.68 bits per heavy atom. The maximum absolute atomic E-state index is 14.4. The zero-order valence-electron chi connectivity index (χ0n) is 20.8. The molecule has 2 saturated carbocycles. The van der Waals surface area contributed by atoms with Gasteiger partial charge in [-0.1, -0.05) is 37.0 Å². The molecule has 0 saturated heterocycles.